The lowest BCUT2D eigenvalue weighted by Gasteiger charge is -2.30. The van der Waals surface area contributed by atoms with Crippen LogP contribution in [0, 0.1) is 5.41 Å². The summed E-state index contributed by atoms with van der Waals surface area (Å²) in [6.07, 6.45) is 3.59. The number of rotatable bonds is 7. The minimum absolute atomic E-state index is 0.00225. The average Bonchev–Trinajstić information content (AvgIpc) is 2.49. The van der Waals surface area contributed by atoms with E-state index in [4.69, 9.17) is 5.73 Å². The smallest absolute Gasteiger partial charge is 0.227 e. The van der Waals surface area contributed by atoms with Crippen molar-refractivity contribution in [2.75, 3.05) is 12.8 Å². The Morgan fingerprint density at radius 1 is 1.30 bits per heavy atom. The van der Waals surface area contributed by atoms with Crippen molar-refractivity contribution in [1.29, 1.82) is 0 Å². The highest BCUT2D eigenvalue weighted by Gasteiger charge is 2.33. The summed E-state index contributed by atoms with van der Waals surface area (Å²) < 4.78 is 0. The predicted octanol–water partition coefficient (Wildman–Crippen LogP) is 3.35. The van der Waals surface area contributed by atoms with Gasteiger partial charge >= 0.3 is 0 Å². The number of thioether (sulfide) groups is 1. The Morgan fingerprint density at radius 2 is 1.85 bits per heavy atom. The number of carbonyl (C=O) groups excluding carboxylic acids is 1. The summed E-state index contributed by atoms with van der Waals surface area (Å²) in [4.78, 5) is 13.7. The van der Waals surface area contributed by atoms with Gasteiger partial charge in [-0.05, 0) is 43.7 Å². The second-order valence-corrected chi connectivity index (χ2v) is 6.04. The van der Waals surface area contributed by atoms with Crippen molar-refractivity contribution in [2.45, 2.75) is 44.6 Å². The summed E-state index contributed by atoms with van der Waals surface area (Å²) in [6.45, 7) is 6.45. The maximum atomic E-state index is 12.5. The highest BCUT2D eigenvalue weighted by Crippen LogP contribution is 2.27. The molecule has 1 amide bonds. The van der Waals surface area contributed by atoms with Gasteiger partial charge in [-0.3, -0.25) is 4.79 Å². The van der Waals surface area contributed by atoms with Crippen molar-refractivity contribution in [3.8, 4) is 0 Å². The third-order valence-corrected chi connectivity index (χ3v) is 4.93. The van der Waals surface area contributed by atoms with Crippen LogP contribution in [0.5, 0.6) is 0 Å². The molecule has 0 radical (unpaired) electrons. The van der Waals surface area contributed by atoms with Gasteiger partial charge in [0, 0.05) is 11.4 Å². The normalized spacial score (nSPS) is 13.1. The minimum atomic E-state index is -0.437. The first-order valence-corrected chi connectivity index (χ1v) is 8.40. The molecular formula is C16H26N2OS. The number of nitrogens with two attached hydrogens (primary N) is 1. The lowest BCUT2D eigenvalue weighted by molar-refractivity contribution is -0.131. The van der Waals surface area contributed by atoms with E-state index in [1.807, 2.05) is 20.8 Å². The van der Waals surface area contributed by atoms with Crippen molar-refractivity contribution in [2.24, 2.45) is 11.1 Å². The first kappa shape index (κ1) is 17.1. The van der Waals surface area contributed by atoms with E-state index in [9.17, 15) is 4.79 Å². The number of hydrogen-bond acceptors (Lipinski definition) is 3. The fraction of sp³-hybridized carbons (Fsp3) is 0.562. The summed E-state index contributed by atoms with van der Waals surface area (Å²) in [6, 6.07) is 8.30. The van der Waals surface area contributed by atoms with E-state index < -0.39 is 5.41 Å². The van der Waals surface area contributed by atoms with Crippen LogP contribution < -0.4 is 11.1 Å². The van der Waals surface area contributed by atoms with Gasteiger partial charge in [-0.2, -0.15) is 0 Å². The standard InChI is InChI=1S/C16H26N2OS/c1-5-16(6-2,11-17)15(19)18-12(3)13-7-9-14(20-4)10-8-13/h7-10,12H,5-6,11,17H2,1-4H3,(H,18,19). The topological polar surface area (TPSA) is 55.1 Å². The van der Waals surface area contributed by atoms with Crippen LogP contribution in [0.25, 0.3) is 0 Å². The van der Waals surface area contributed by atoms with Crippen LogP contribution in [0.2, 0.25) is 0 Å². The summed E-state index contributed by atoms with van der Waals surface area (Å²) in [7, 11) is 0. The van der Waals surface area contributed by atoms with E-state index in [1.54, 1.807) is 11.8 Å². The Labute approximate surface area is 126 Å². The highest BCUT2D eigenvalue weighted by atomic mass is 32.2. The summed E-state index contributed by atoms with van der Waals surface area (Å²) in [5.41, 5.74) is 6.50. The molecule has 1 rings (SSSR count). The monoisotopic (exact) mass is 294 g/mol. The first-order chi connectivity index (χ1) is 9.52. The molecule has 20 heavy (non-hydrogen) atoms. The fourth-order valence-electron chi connectivity index (χ4n) is 2.28. The summed E-state index contributed by atoms with van der Waals surface area (Å²) in [5, 5.41) is 3.10. The summed E-state index contributed by atoms with van der Waals surface area (Å²) in [5.74, 6) is 0.0615. The van der Waals surface area contributed by atoms with Gasteiger partial charge in [0.2, 0.25) is 5.91 Å². The maximum absolute atomic E-state index is 12.5. The second kappa shape index (κ2) is 7.70. The molecule has 0 fully saturated rings. The van der Waals surface area contributed by atoms with Gasteiger partial charge in [0.25, 0.3) is 0 Å². The Hall–Kier alpha value is -1.00. The van der Waals surface area contributed by atoms with Crippen LogP contribution >= 0.6 is 11.8 Å². The zero-order valence-corrected chi connectivity index (χ0v) is 13.7. The van der Waals surface area contributed by atoms with Gasteiger partial charge in [-0.25, -0.2) is 0 Å². The lowest BCUT2D eigenvalue weighted by atomic mass is 9.81. The van der Waals surface area contributed by atoms with Crippen molar-refractivity contribution < 1.29 is 4.79 Å². The van der Waals surface area contributed by atoms with Crippen molar-refractivity contribution in [3.63, 3.8) is 0 Å². The van der Waals surface area contributed by atoms with E-state index in [-0.39, 0.29) is 11.9 Å². The van der Waals surface area contributed by atoms with Gasteiger partial charge in [0.05, 0.1) is 11.5 Å². The molecule has 0 heterocycles. The molecule has 1 aromatic rings. The molecule has 0 bridgehead atoms. The van der Waals surface area contributed by atoms with E-state index in [0.29, 0.717) is 6.54 Å². The van der Waals surface area contributed by atoms with E-state index in [1.165, 1.54) is 4.90 Å². The second-order valence-electron chi connectivity index (χ2n) is 5.16. The van der Waals surface area contributed by atoms with Crippen LogP contribution in [0.15, 0.2) is 29.2 Å². The van der Waals surface area contributed by atoms with Gasteiger partial charge in [-0.15, -0.1) is 11.8 Å². The average molecular weight is 294 g/mol. The molecule has 3 N–H and O–H groups in total. The zero-order chi connectivity index (χ0) is 15.2. The number of benzene rings is 1. The number of hydrogen-bond donors (Lipinski definition) is 2. The number of amides is 1. The molecule has 0 saturated carbocycles. The molecule has 1 unspecified atom stereocenters. The molecule has 0 aliphatic carbocycles. The zero-order valence-electron chi connectivity index (χ0n) is 12.9. The molecule has 0 spiro atoms. The Balaban J connectivity index is 2.78. The van der Waals surface area contributed by atoms with Crippen LogP contribution in [-0.2, 0) is 4.79 Å². The quantitative estimate of drug-likeness (QED) is 0.758. The van der Waals surface area contributed by atoms with Crippen LogP contribution in [0.4, 0.5) is 0 Å². The van der Waals surface area contributed by atoms with Gasteiger partial charge in [-0.1, -0.05) is 26.0 Å². The van der Waals surface area contributed by atoms with E-state index in [2.05, 4.69) is 35.8 Å². The Morgan fingerprint density at radius 3 is 2.25 bits per heavy atom. The maximum Gasteiger partial charge on any atom is 0.227 e. The van der Waals surface area contributed by atoms with Crippen LogP contribution in [-0.4, -0.2) is 18.7 Å². The van der Waals surface area contributed by atoms with Crippen LogP contribution in [0.1, 0.15) is 45.2 Å². The molecule has 0 aliphatic heterocycles. The SMILES string of the molecule is CCC(CC)(CN)C(=O)NC(C)c1ccc(SC)cc1. The third-order valence-electron chi connectivity index (χ3n) is 4.19. The molecule has 1 aromatic carbocycles. The Kier molecular flexibility index (Phi) is 6.56. The first-order valence-electron chi connectivity index (χ1n) is 7.18. The van der Waals surface area contributed by atoms with Gasteiger partial charge in [0.15, 0.2) is 0 Å². The molecule has 0 aromatic heterocycles. The lowest BCUT2D eigenvalue weighted by Crippen LogP contribution is -2.46. The van der Waals surface area contributed by atoms with E-state index in [0.717, 1.165) is 18.4 Å². The predicted molar refractivity (Wildman–Crippen MR) is 86.9 cm³/mol. The largest absolute Gasteiger partial charge is 0.349 e. The van der Waals surface area contributed by atoms with Crippen molar-refractivity contribution >= 4 is 17.7 Å². The molecular weight excluding hydrogens is 268 g/mol. The van der Waals surface area contributed by atoms with Crippen molar-refractivity contribution in [1.82, 2.24) is 5.32 Å². The molecule has 1 atom stereocenters. The minimum Gasteiger partial charge on any atom is -0.349 e. The van der Waals surface area contributed by atoms with Crippen molar-refractivity contribution in [3.05, 3.63) is 29.8 Å². The molecule has 112 valence electrons. The van der Waals surface area contributed by atoms with Gasteiger partial charge in [0.1, 0.15) is 0 Å². The Bertz CT molecular complexity index is 418. The van der Waals surface area contributed by atoms with Crippen LogP contribution in [0.3, 0.4) is 0 Å². The number of nitrogens with one attached hydrogen (secondary N) is 1. The molecule has 3 nitrogen and oxygen atoms in total. The van der Waals surface area contributed by atoms with Gasteiger partial charge < -0.3 is 11.1 Å². The highest BCUT2D eigenvalue weighted by molar-refractivity contribution is 7.98. The third kappa shape index (κ3) is 3.76. The number of carbonyl (C=O) groups is 1. The molecule has 4 heteroatoms. The fourth-order valence-corrected chi connectivity index (χ4v) is 2.69. The molecule has 0 aliphatic rings. The summed E-state index contributed by atoms with van der Waals surface area (Å²) >= 11 is 1.71. The molecule has 0 saturated heterocycles. The van der Waals surface area contributed by atoms with E-state index >= 15 is 0 Å².